The lowest BCUT2D eigenvalue weighted by atomic mass is 10.2. The molecular formula is C15H22BrNO4. The number of nitrogens with one attached hydrogen (secondary N) is 1. The average molecular weight is 360 g/mol. The molecule has 5 nitrogen and oxygen atoms in total. The lowest BCUT2D eigenvalue weighted by Gasteiger charge is -2.19. The summed E-state index contributed by atoms with van der Waals surface area (Å²) in [5.74, 6) is 0.00870. The van der Waals surface area contributed by atoms with Gasteiger partial charge in [0.1, 0.15) is 0 Å². The summed E-state index contributed by atoms with van der Waals surface area (Å²) in [5.41, 5.74) is 1.04. The van der Waals surface area contributed by atoms with Gasteiger partial charge in [-0.3, -0.25) is 0 Å². The lowest BCUT2D eigenvalue weighted by molar-refractivity contribution is -0.145. The van der Waals surface area contributed by atoms with Crippen LogP contribution in [0.4, 0.5) is 0 Å². The highest BCUT2D eigenvalue weighted by Crippen LogP contribution is 2.38. The van der Waals surface area contributed by atoms with E-state index in [1.54, 1.807) is 6.92 Å². The van der Waals surface area contributed by atoms with Crippen molar-refractivity contribution in [2.75, 3.05) is 13.2 Å². The number of hydrogen-bond acceptors (Lipinski definition) is 4. The van der Waals surface area contributed by atoms with Crippen LogP contribution in [0.1, 0.15) is 32.8 Å². The van der Waals surface area contributed by atoms with Crippen molar-refractivity contribution in [1.29, 1.82) is 0 Å². The average Bonchev–Trinajstić information content (AvgIpc) is 2.44. The van der Waals surface area contributed by atoms with Gasteiger partial charge in [0, 0.05) is 6.54 Å². The molecule has 1 rings (SSSR count). The Labute approximate surface area is 133 Å². The molecule has 118 valence electrons. The predicted octanol–water partition coefficient (Wildman–Crippen LogP) is 3.20. The number of rotatable bonds is 9. The summed E-state index contributed by atoms with van der Waals surface area (Å²) in [5, 5.41) is 12.4. The van der Waals surface area contributed by atoms with Crippen LogP contribution in [-0.2, 0) is 11.3 Å². The molecule has 0 spiro atoms. The van der Waals surface area contributed by atoms with Crippen LogP contribution in [0.25, 0.3) is 0 Å². The fourth-order valence-corrected chi connectivity index (χ4v) is 2.40. The van der Waals surface area contributed by atoms with E-state index >= 15 is 0 Å². The molecule has 0 saturated heterocycles. The van der Waals surface area contributed by atoms with Gasteiger partial charge in [-0.15, -0.1) is 0 Å². The van der Waals surface area contributed by atoms with E-state index in [1.165, 1.54) is 0 Å². The second-order valence-electron chi connectivity index (χ2n) is 4.47. The van der Waals surface area contributed by atoms with Crippen molar-refractivity contribution in [2.45, 2.75) is 39.8 Å². The van der Waals surface area contributed by atoms with E-state index in [4.69, 9.17) is 14.6 Å². The summed E-state index contributed by atoms with van der Waals surface area (Å²) in [6, 6.07) is 3.79. The number of carboxylic acid groups (broad SMARTS) is 1. The number of benzene rings is 1. The summed E-state index contributed by atoms with van der Waals surface area (Å²) >= 11 is 3.44. The molecule has 0 radical (unpaired) electrons. The summed E-state index contributed by atoms with van der Waals surface area (Å²) in [6.45, 7) is 7.75. The van der Waals surface area contributed by atoms with Gasteiger partial charge < -0.3 is 19.9 Å². The van der Waals surface area contributed by atoms with Gasteiger partial charge in [-0.2, -0.15) is 0 Å². The lowest BCUT2D eigenvalue weighted by Crippen LogP contribution is -2.26. The van der Waals surface area contributed by atoms with Gasteiger partial charge in [-0.1, -0.05) is 13.8 Å². The first-order valence-electron chi connectivity index (χ1n) is 7.08. The van der Waals surface area contributed by atoms with E-state index < -0.39 is 12.1 Å². The number of carbonyl (C=O) groups is 1. The smallest absolute Gasteiger partial charge is 0.344 e. The Morgan fingerprint density at radius 1 is 1.38 bits per heavy atom. The van der Waals surface area contributed by atoms with Crippen molar-refractivity contribution in [1.82, 2.24) is 5.32 Å². The number of hydrogen-bond donors (Lipinski definition) is 2. The third kappa shape index (κ3) is 5.21. The van der Waals surface area contributed by atoms with E-state index in [0.717, 1.165) is 12.1 Å². The highest BCUT2D eigenvalue weighted by molar-refractivity contribution is 9.10. The highest BCUT2D eigenvalue weighted by atomic mass is 79.9. The third-order valence-electron chi connectivity index (χ3n) is 2.85. The van der Waals surface area contributed by atoms with Crippen LogP contribution in [0.3, 0.4) is 0 Å². The van der Waals surface area contributed by atoms with Crippen molar-refractivity contribution in [2.24, 2.45) is 0 Å². The maximum absolute atomic E-state index is 11.1. The standard InChI is InChI=1S/C15H22BrNO4/c1-4-12(15(18)19)21-14-11(16)7-10(9-17-5-2)8-13(14)20-6-3/h7-8,12,17H,4-6,9H2,1-3H3,(H,18,19). The Morgan fingerprint density at radius 3 is 2.62 bits per heavy atom. The zero-order chi connectivity index (χ0) is 15.8. The molecule has 0 aliphatic carbocycles. The SMILES string of the molecule is CCNCc1cc(Br)c(OC(CC)C(=O)O)c(OCC)c1. The van der Waals surface area contributed by atoms with Crippen LogP contribution in [0.2, 0.25) is 0 Å². The van der Waals surface area contributed by atoms with Crippen molar-refractivity contribution < 1.29 is 19.4 Å². The first-order chi connectivity index (χ1) is 10.0. The van der Waals surface area contributed by atoms with Gasteiger partial charge in [-0.05, 0) is 53.5 Å². The zero-order valence-electron chi connectivity index (χ0n) is 12.6. The molecule has 0 aromatic heterocycles. The molecular weight excluding hydrogens is 338 g/mol. The molecule has 0 aliphatic heterocycles. The van der Waals surface area contributed by atoms with Crippen LogP contribution in [0.5, 0.6) is 11.5 Å². The van der Waals surface area contributed by atoms with E-state index in [-0.39, 0.29) is 0 Å². The molecule has 1 aromatic rings. The van der Waals surface area contributed by atoms with Crippen LogP contribution in [-0.4, -0.2) is 30.3 Å². The minimum Gasteiger partial charge on any atom is -0.490 e. The first-order valence-corrected chi connectivity index (χ1v) is 7.88. The molecule has 0 bridgehead atoms. The van der Waals surface area contributed by atoms with Crippen molar-refractivity contribution >= 4 is 21.9 Å². The topological polar surface area (TPSA) is 67.8 Å². The summed E-state index contributed by atoms with van der Waals surface area (Å²) in [4.78, 5) is 11.1. The maximum atomic E-state index is 11.1. The minimum atomic E-state index is -0.983. The van der Waals surface area contributed by atoms with Crippen molar-refractivity contribution in [3.8, 4) is 11.5 Å². The van der Waals surface area contributed by atoms with Gasteiger partial charge in [0.15, 0.2) is 17.6 Å². The van der Waals surface area contributed by atoms with Crippen molar-refractivity contribution in [3.63, 3.8) is 0 Å². The van der Waals surface area contributed by atoms with Gasteiger partial charge in [-0.25, -0.2) is 4.79 Å². The third-order valence-corrected chi connectivity index (χ3v) is 3.44. The molecule has 6 heteroatoms. The first kappa shape index (κ1) is 17.8. The van der Waals surface area contributed by atoms with E-state index in [2.05, 4.69) is 21.2 Å². The number of ether oxygens (including phenoxy) is 2. The highest BCUT2D eigenvalue weighted by Gasteiger charge is 2.21. The fraction of sp³-hybridized carbons (Fsp3) is 0.533. The quantitative estimate of drug-likeness (QED) is 0.708. The van der Waals surface area contributed by atoms with Gasteiger partial charge in [0.25, 0.3) is 0 Å². The monoisotopic (exact) mass is 359 g/mol. The fourth-order valence-electron chi connectivity index (χ4n) is 1.82. The second kappa shape index (κ2) is 8.89. The van der Waals surface area contributed by atoms with Gasteiger partial charge >= 0.3 is 5.97 Å². The van der Waals surface area contributed by atoms with Crippen LogP contribution in [0, 0.1) is 0 Å². The minimum absolute atomic E-state index is 0.381. The summed E-state index contributed by atoms with van der Waals surface area (Å²) in [6.07, 6.45) is -0.507. The van der Waals surface area contributed by atoms with Gasteiger partial charge in [0.05, 0.1) is 11.1 Å². The molecule has 0 fully saturated rings. The number of halogens is 1. The molecule has 1 aromatic carbocycles. The van der Waals surface area contributed by atoms with Crippen LogP contribution < -0.4 is 14.8 Å². The van der Waals surface area contributed by atoms with E-state index in [0.29, 0.717) is 35.5 Å². The summed E-state index contributed by atoms with van der Waals surface area (Å²) in [7, 11) is 0. The zero-order valence-corrected chi connectivity index (χ0v) is 14.2. The normalized spacial score (nSPS) is 12.0. The molecule has 0 aliphatic rings. The molecule has 21 heavy (non-hydrogen) atoms. The predicted molar refractivity (Wildman–Crippen MR) is 85.0 cm³/mol. The number of carboxylic acids is 1. The Bertz CT molecular complexity index is 479. The van der Waals surface area contributed by atoms with Crippen molar-refractivity contribution in [3.05, 3.63) is 22.2 Å². The Morgan fingerprint density at radius 2 is 2.10 bits per heavy atom. The molecule has 0 saturated carbocycles. The maximum Gasteiger partial charge on any atom is 0.344 e. The van der Waals surface area contributed by atoms with Gasteiger partial charge in [0.2, 0.25) is 0 Å². The Kier molecular flexibility index (Phi) is 7.53. The molecule has 0 amide bonds. The molecule has 1 unspecified atom stereocenters. The largest absolute Gasteiger partial charge is 0.490 e. The number of aliphatic carboxylic acids is 1. The van der Waals surface area contributed by atoms with E-state index in [1.807, 2.05) is 26.0 Å². The second-order valence-corrected chi connectivity index (χ2v) is 5.33. The van der Waals surface area contributed by atoms with Crippen LogP contribution >= 0.6 is 15.9 Å². The van der Waals surface area contributed by atoms with E-state index in [9.17, 15) is 4.79 Å². The molecule has 0 heterocycles. The Balaban J connectivity index is 3.08. The molecule has 2 N–H and O–H groups in total. The Hall–Kier alpha value is -1.27. The molecule has 1 atom stereocenters. The van der Waals surface area contributed by atoms with Crippen LogP contribution in [0.15, 0.2) is 16.6 Å². The summed E-state index contributed by atoms with van der Waals surface area (Å²) < 4.78 is 11.9.